The van der Waals surface area contributed by atoms with Gasteiger partial charge < -0.3 is 4.74 Å². The fourth-order valence-corrected chi connectivity index (χ4v) is 3.05. The molecule has 0 spiro atoms. The van der Waals surface area contributed by atoms with Gasteiger partial charge in [-0.25, -0.2) is 4.79 Å². The van der Waals surface area contributed by atoms with Gasteiger partial charge in [-0.2, -0.15) is 0 Å². The molecule has 5 heteroatoms. The van der Waals surface area contributed by atoms with E-state index in [1.54, 1.807) is 12.1 Å². The Balaban J connectivity index is 2.07. The normalized spacial score (nSPS) is 10.6. The lowest BCUT2D eigenvalue weighted by molar-refractivity contribution is 0.214. The van der Waals surface area contributed by atoms with Crippen LogP contribution in [0.5, 0.6) is 5.75 Å². The van der Waals surface area contributed by atoms with Gasteiger partial charge in [-0.05, 0) is 64.2 Å². The minimum absolute atomic E-state index is 0.452. The lowest BCUT2D eigenvalue weighted by atomic mass is 10.0. The highest BCUT2D eigenvalue weighted by molar-refractivity contribution is 9.10. The zero-order valence-corrected chi connectivity index (χ0v) is 15.0. The second-order valence-corrected chi connectivity index (χ2v) is 6.62. The highest BCUT2D eigenvalue weighted by atomic mass is 79.9. The number of carbonyl (C=O) groups is 1. The molecule has 0 heterocycles. The molecule has 0 aliphatic rings. The zero-order chi connectivity index (χ0) is 16.3. The van der Waals surface area contributed by atoms with Gasteiger partial charge >= 0.3 is 6.09 Å². The third-order valence-electron chi connectivity index (χ3n) is 3.21. The molecular weight excluding hydrogens is 366 g/mol. The lowest BCUT2D eigenvalue weighted by Crippen LogP contribution is -2.17. The Morgan fingerprint density at radius 1 is 1.23 bits per heavy atom. The number of hydrogen-bond acceptors (Lipinski definition) is 2. The number of rotatable bonds is 3. The summed E-state index contributed by atoms with van der Waals surface area (Å²) in [6.07, 6.45) is -0.539. The first kappa shape index (κ1) is 16.8. The van der Waals surface area contributed by atoms with Gasteiger partial charge in [0.2, 0.25) is 0 Å². The number of aryl methyl sites for hydroxylation is 1. The lowest BCUT2D eigenvalue weighted by Gasteiger charge is -2.12. The summed E-state index contributed by atoms with van der Waals surface area (Å²) >= 11 is 9.29. The molecule has 2 aromatic carbocycles. The van der Waals surface area contributed by atoms with Crippen LogP contribution in [0.15, 0.2) is 40.9 Å². The van der Waals surface area contributed by atoms with E-state index in [9.17, 15) is 4.79 Å². The Hall–Kier alpha value is -1.52. The molecule has 1 N–H and O–H groups in total. The van der Waals surface area contributed by atoms with Crippen LogP contribution in [0.3, 0.4) is 0 Å². The number of anilines is 1. The van der Waals surface area contributed by atoms with Crippen molar-refractivity contribution in [3.05, 3.63) is 57.0 Å². The highest BCUT2D eigenvalue weighted by Gasteiger charge is 2.12. The maximum atomic E-state index is 12.0. The highest BCUT2D eigenvalue weighted by Crippen LogP contribution is 2.32. The summed E-state index contributed by atoms with van der Waals surface area (Å²) < 4.78 is 6.00. The van der Waals surface area contributed by atoms with Crippen LogP contribution in [0.25, 0.3) is 0 Å². The van der Waals surface area contributed by atoms with E-state index in [1.807, 2.05) is 31.2 Å². The van der Waals surface area contributed by atoms with Crippen molar-refractivity contribution in [1.82, 2.24) is 0 Å². The third-order valence-corrected chi connectivity index (χ3v) is 4.02. The molecule has 116 valence electrons. The smallest absolute Gasteiger partial charge is 0.409 e. The fourth-order valence-electron chi connectivity index (χ4n) is 2.01. The molecule has 0 aliphatic carbocycles. The van der Waals surface area contributed by atoms with Crippen molar-refractivity contribution in [3.63, 3.8) is 0 Å². The Morgan fingerprint density at radius 2 is 1.86 bits per heavy atom. The molecule has 2 aromatic rings. The van der Waals surface area contributed by atoms with Gasteiger partial charge in [-0.1, -0.05) is 37.6 Å². The number of benzene rings is 2. The molecule has 0 aromatic heterocycles. The van der Waals surface area contributed by atoms with Crippen LogP contribution in [0.2, 0.25) is 5.02 Å². The van der Waals surface area contributed by atoms with Crippen LogP contribution in [-0.4, -0.2) is 6.09 Å². The summed E-state index contributed by atoms with van der Waals surface area (Å²) in [5, 5.41) is 3.30. The predicted octanol–water partition coefficient (Wildman–Crippen LogP) is 6.15. The number of hydrogen-bond donors (Lipinski definition) is 1. The van der Waals surface area contributed by atoms with Gasteiger partial charge in [0.25, 0.3) is 0 Å². The zero-order valence-electron chi connectivity index (χ0n) is 12.6. The van der Waals surface area contributed by atoms with E-state index < -0.39 is 6.09 Å². The molecule has 0 saturated carbocycles. The van der Waals surface area contributed by atoms with Crippen LogP contribution in [0.1, 0.15) is 30.9 Å². The average Bonchev–Trinajstić information content (AvgIpc) is 2.43. The summed E-state index contributed by atoms with van der Waals surface area (Å²) in [5.74, 6) is 0.911. The standard InChI is InChI=1S/C17H17BrClNO2/c1-10(2)12-4-6-14(7-5-12)20-17(21)22-16-11(3)8-13(19)9-15(16)18/h4-10H,1-3H3,(H,20,21). The van der Waals surface area contributed by atoms with E-state index in [-0.39, 0.29) is 0 Å². The van der Waals surface area contributed by atoms with E-state index in [1.165, 1.54) is 5.56 Å². The molecular formula is C17H17BrClNO2. The number of halogens is 2. The van der Waals surface area contributed by atoms with Crippen LogP contribution in [0.4, 0.5) is 10.5 Å². The van der Waals surface area contributed by atoms with Crippen LogP contribution in [0, 0.1) is 6.92 Å². The van der Waals surface area contributed by atoms with Crippen molar-refractivity contribution in [3.8, 4) is 5.75 Å². The van der Waals surface area contributed by atoms with Crippen molar-refractivity contribution in [2.75, 3.05) is 5.32 Å². The summed E-state index contributed by atoms with van der Waals surface area (Å²) in [4.78, 5) is 12.0. The molecule has 0 unspecified atom stereocenters. The van der Waals surface area contributed by atoms with E-state index in [4.69, 9.17) is 16.3 Å². The first-order valence-corrected chi connectivity index (χ1v) is 8.08. The summed E-state index contributed by atoms with van der Waals surface area (Å²) in [5.41, 5.74) is 2.69. The minimum Gasteiger partial charge on any atom is -0.409 e. The molecule has 0 bridgehead atoms. The van der Waals surface area contributed by atoms with Crippen LogP contribution in [-0.2, 0) is 0 Å². The molecule has 22 heavy (non-hydrogen) atoms. The molecule has 0 aliphatic heterocycles. The molecule has 1 amide bonds. The van der Waals surface area contributed by atoms with Crippen LogP contribution < -0.4 is 10.1 Å². The van der Waals surface area contributed by atoms with Gasteiger partial charge in [-0.3, -0.25) is 5.32 Å². The van der Waals surface area contributed by atoms with Crippen LogP contribution >= 0.6 is 27.5 Å². The molecule has 0 saturated heterocycles. The Morgan fingerprint density at radius 3 is 2.41 bits per heavy atom. The SMILES string of the molecule is Cc1cc(Cl)cc(Br)c1OC(=O)Nc1ccc(C(C)C)cc1. The minimum atomic E-state index is -0.539. The van der Waals surface area contributed by atoms with E-state index >= 15 is 0 Å². The molecule has 0 atom stereocenters. The van der Waals surface area contributed by atoms with E-state index in [0.29, 0.717) is 26.9 Å². The van der Waals surface area contributed by atoms with Crippen molar-refractivity contribution < 1.29 is 9.53 Å². The topological polar surface area (TPSA) is 38.3 Å². The van der Waals surface area contributed by atoms with E-state index in [2.05, 4.69) is 35.1 Å². The Labute approximate surface area is 143 Å². The van der Waals surface area contributed by atoms with Gasteiger partial charge in [0, 0.05) is 10.7 Å². The number of carbonyl (C=O) groups excluding carboxylic acids is 1. The largest absolute Gasteiger partial charge is 0.417 e. The quantitative estimate of drug-likeness (QED) is 0.692. The van der Waals surface area contributed by atoms with Crippen molar-refractivity contribution in [2.45, 2.75) is 26.7 Å². The fraction of sp³-hybridized carbons (Fsp3) is 0.235. The first-order chi connectivity index (χ1) is 10.4. The summed E-state index contributed by atoms with van der Waals surface area (Å²) in [6.45, 7) is 6.08. The van der Waals surface area contributed by atoms with Gasteiger partial charge in [-0.15, -0.1) is 0 Å². The van der Waals surface area contributed by atoms with Gasteiger partial charge in [0.05, 0.1) is 4.47 Å². The predicted molar refractivity (Wildman–Crippen MR) is 94.1 cm³/mol. The number of ether oxygens (including phenoxy) is 1. The Bertz CT molecular complexity index is 661. The molecule has 0 fully saturated rings. The monoisotopic (exact) mass is 381 g/mol. The van der Waals surface area contributed by atoms with Gasteiger partial charge in [0.15, 0.2) is 0 Å². The summed E-state index contributed by atoms with van der Waals surface area (Å²) in [6, 6.07) is 11.1. The summed E-state index contributed by atoms with van der Waals surface area (Å²) in [7, 11) is 0. The van der Waals surface area contributed by atoms with E-state index in [0.717, 1.165) is 5.56 Å². The second kappa shape index (κ2) is 7.16. The van der Waals surface area contributed by atoms with Crippen molar-refractivity contribution in [2.24, 2.45) is 0 Å². The number of nitrogens with one attached hydrogen (secondary N) is 1. The Kier molecular flexibility index (Phi) is 5.48. The van der Waals surface area contributed by atoms with Crippen molar-refractivity contribution in [1.29, 1.82) is 0 Å². The van der Waals surface area contributed by atoms with Gasteiger partial charge in [0.1, 0.15) is 5.75 Å². The molecule has 0 radical (unpaired) electrons. The second-order valence-electron chi connectivity index (χ2n) is 5.32. The number of amides is 1. The van der Waals surface area contributed by atoms with Crippen molar-refractivity contribution >= 4 is 39.3 Å². The molecule has 3 nitrogen and oxygen atoms in total. The molecule has 2 rings (SSSR count). The third kappa shape index (κ3) is 4.24. The maximum Gasteiger partial charge on any atom is 0.417 e. The first-order valence-electron chi connectivity index (χ1n) is 6.91. The average molecular weight is 383 g/mol. The maximum absolute atomic E-state index is 12.0.